The molecule has 33 heavy (non-hydrogen) atoms. The second kappa shape index (κ2) is 8.99. The van der Waals surface area contributed by atoms with E-state index in [1.807, 2.05) is 31.2 Å². The maximum Gasteiger partial charge on any atom is 0.416 e. The second-order valence-corrected chi connectivity index (χ2v) is 8.86. The number of aliphatic hydroxyl groups is 1. The number of halogens is 3. The van der Waals surface area contributed by atoms with E-state index in [2.05, 4.69) is 10.4 Å². The van der Waals surface area contributed by atoms with Crippen LogP contribution in [0.15, 0.2) is 48.5 Å². The molecule has 4 rings (SSSR count). The Morgan fingerprint density at radius 2 is 1.91 bits per heavy atom. The molecule has 2 aromatic heterocycles. The molecule has 0 unspecified atom stereocenters. The average molecular weight is 474 g/mol. The predicted molar refractivity (Wildman–Crippen MR) is 122 cm³/mol. The van der Waals surface area contributed by atoms with Crippen LogP contribution in [-0.2, 0) is 12.6 Å². The fourth-order valence-corrected chi connectivity index (χ4v) is 5.07. The number of aryl methyl sites for hydroxylation is 1. The van der Waals surface area contributed by atoms with Crippen LogP contribution in [0, 0.1) is 13.8 Å². The quantitative estimate of drug-likeness (QED) is 0.413. The topological polar surface area (TPSA) is 67.2 Å². The Hall–Kier alpha value is -3.17. The van der Waals surface area contributed by atoms with Crippen LogP contribution < -0.4 is 5.32 Å². The molecule has 2 N–H and O–H groups in total. The summed E-state index contributed by atoms with van der Waals surface area (Å²) in [6.07, 6.45) is -3.99. The van der Waals surface area contributed by atoms with Crippen molar-refractivity contribution >= 4 is 27.3 Å². The molecular formula is C24H22F3N3O2S. The van der Waals surface area contributed by atoms with E-state index in [4.69, 9.17) is 5.11 Å². The molecule has 0 aliphatic rings. The summed E-state index contributed by atoms with van der Waals surface area (Å²) in [6, 6.07) is 13.1. The third kappa shape index (κ3) is 4.65. The second-order valence-electron chi connectivity index (χ2n) is 7.72. The van der Waals surface area contributed by atoms with Gasteiger partial charge in [-0.05, 0) is 43.0 Å². The first-order valence-corrected chi connectivity index (χ1v) is 11.1. The fraction of sp³-hybridized carbons (Fsp3) is 0.250. The number of carbonyl (C=O) groups excluding carboxylic acids is 1. The Kier molecular flexibility index (Phi) is 6.27. The van der Waals surface area contributed by atoms with Crippen molar-refractivity contribution in [3.05, 3.63) is 81.5 Å². The van der Waals surface area contributed by atoms with E-state index >= 15 is 0 Å². The molecule has 1 amide bonds. The zero-order chi connectivity index (χ0) is 23.8. The number of hydrogen-bond acceptors (Lipinski definition) is 4. The van der Waals surface area contributed by atoms with Gasteiger partial charge in [0.05, 0.1) is 39.5 Å². The molecule has 0 spiro atoms. The first-order chi connectivity index (χ1) is 15.7. The standard InChI is InChI=1S/C24H22F3N3O2S/c1-14-21(23(32)28-9-10-31)15(2)30(29-14)20-8-4-6-17-13-19(33-22(17)20)12-16-5-3-7-18(11-16)24(25,26)27/h3-8,11,13,31H,9-10,12H2,1-2H3,(H,28,32). The van der Waals surface area contributed by atoms with Gasteiger partial charge >= 0.3 is 6.18 Å². The van der Waals surface area contributed by atoms with Gasteiger partial charge in [-0.25, -0.2) is 4.68 Å². The van der Waals surface area contributed by atoms with E-state index in [1.165, 1.54) is 23.5 Å². The number of amides is 1. The van der Waals surface area contributed by atoms with E-state index in [0.717, 1.165) is 26.7 Å². The zero-order valence-corrected chi connectivity index (χ0v) is 18.8. The lowest BCUT2D eigenvalue weighted by Gasteiger charge is -2.08. The highest BCUT2D eigenvalue weighted by Crippen LogP contribution is 2.34. The molecule has 0 bridgehead atoms. The highest BCUT2D eigenvalue weighted by Gasteiger charge is 2.30. The number of nitrogens with one attached hydrogen (secondary N) is 1. The number of carbonyl (C=O) groups is 1. The Morgan fingerprint density at radius 3 is 2.64 bits per heavy atom. The van der Waals surface area contributed by atoms with E-state index in [0.29, 0.717) is 28.9 Å². The van der Waals surface area contributed by atoms with Crippen LogP contribution in [0.4, 0.5) is 13.2 Å². The van der Waals surface area contributed by atoms with Gasteiger partial charge in [-0.15, -0.1) is 11.3 Å². The van der Waals surface area contributed by atoms with Crippen molar-refractivity contribution in [1.29, 1.82) is 0 Å². The fourth-order valence-electron chi connectivity index (χ4n) is 3.88. The van der Waals surface area contributed by atoms with E-state index in [-0.39, 0.29) is 19.1 Å². The van der Waals surface area contributed by atoms with Crippen molar-refractivity contribution in [2.24, 2.45) is 0 Å². The minimum atomic E-state index is -4.38. The molecule has 0 fully saturated rings. The SMILES string of the molecule is Cc1nn(-c2cccc3cc(Cc4cccc(C(F)(F)F)c4)sc23)c(C)c1C(=O)NCCO. The van der Waals surface area contributed by atoms with Crippen molar-refractivity contribution < 1.29 is 23.1 Å². The van der Waals surface area contributed by atoms with Gasteiger partial charge in [0.25, 0.3) is 5.91 Å². The predicted octanol–water partition coefficient (Wildman–Crippen LogP) is 5.04. The van der Waals surface area contributed by atoms with Crippen molar-refractivity contribution in [3.63, 3.8) is 0 Å². The van der Waals surface area contributed by atoms with Gasteiger partial charge in [-0.3, -0.25) is 4.79 Å². The van der Waals surface area contributed by atoms with Crippen LogP contribution in [0.25, 0.3) is 15.8 Å². The number of benzene rings is 2. The number of aliphatic hydroxyl groups excluding tert-OH is 1. The normalized spacial score (nSPS) is 11.8. The minimum Gasteiger partial charge on any atom is -0.395 e. The smallest absolute Gasteiger partial charge is 0.395 e. The van der Waals surface area contributed by atoms with Crippen molar-refractivity contribution in [1.82, 2.24) is 15.1 Å². The van der Waals surface area contributed by atoms with E-state index in [1.54, 1.807) is 17.7 Å². The highest BCUT2D eigenvalue weighted by molar-refractivity contribution is 7.19. The first kappa shape index (κ1) is 23.0. The summed E-state index contributed by atoms with van der Waals surface area (Å²) in [5.41, 5.74) is 2.43. The summed E-state index contributed by atoms with van der Waals surface area (Å²) in [6.45, 7) is 3.57. The van der Waals surface area contributed by atoms with Gasteiger partial charge in [0.2, 0.25) is 0 Å². The lowest BCUT2D eigenvalue weighted by Crippen LogP contribution is -2.27. The lowest BCUT2D eigenvalue weighted by molar-refractivity contribution is -0.137. The van der Waals surface area contributed by atoms with Crippen LogP contribution in [0.2, 0.25) is 0 Å². The number of fused-ring (bicyclic) bond motifs is 1. The van der Waals surface area contributed by atoms with Gasteiger partial charge in [0, 0.05) is 17.8 Å². The third-order valence-corrected chi connectivity index (χ3v) is 6.52. The number of rotatable bonds is 6. The number of nitrogens with zero attached hydrogens (tertiary/aromatic N) is 2. The Balaban J connectivity index is 1.70. The molecule has 5 nitrogen and oxygen atoms in total. The van der Waals surface area contributed by atoms with E-state index < -0.39 is 11.7 Å². The largest absolute Gasteiger partial charge is 0.416 e. The number of alkyl halides is 3. The molecule has 0 saturated heterocycles. The van der Waals surface area contributed by atoms with Gasteiger partial charge < -0.3 is 10.4 Å². The average Bonchev–Trinajstić information content (AvgIpc) is 3.31. The van der Waals surface area contributed by atoms with Gasteiger partial charge in [0.15, 0.2) is 0 Å². The zero-order valence-electron chi connectivity index (χ0n) is 18.0. The molecule has 172 valence electrons. The van der Waals surface area contributed by atoms with E-state index in [9.17, 15) is 18.0 Å². The van der Waals surface area contributed by atoms with Crippen LogP contribution in [0.5, 0.6) is 0 Å². The van der Waals surface area contributed by atoms with Crippen LogP contribution >= 0.6 is 11.3 Å². The third-order valence-electron chi connectivity index (χ3n) is 5.35. The molecule has 0 aliphatic carbocycles. The number of thiophene rings is 1. The summed E-state index contributed by atoms with van der Waals surface area (Å²) in [5.74, 6) is -0.297. The van der Waals surface area contributed by atoms with Crippen LogP contribution in [0.1, 0.15) is 37.7 Å². The molecule has 4 aromatic rings. The van der Waals surface area contributed by atoms with Crippen molar-refractivity contribution in [2.75, 3.05) is 13.2 Å². The first-order valence-electron chi connectivity index (χ1n) is 10.3. The Labute approximate surface area is 192 Å². The molecule has 9 heteroatoms. The number of aromatic nitrogens is 2. The van der Waals surface area contributed by atoms with Gasteiger partial charge in [-0.1, -0.05) is 30.3 Å². The molecule has 0 aliphatic heterocycles. The van der Waals surface area contributed by atoms with Gasteiger partial charge in [0.1, 0.15) is 0 Å². The summed E-state index contributed by atoms with van der Waals surface area (Å²) in [7, 11) is 0. The summed E-state index contributed by atoms with van der Waals surface area (Å²) in [4.78, 5) is 13.4. The summed E-state index contributed by atoms with van der Waals surface area (Å²) in [5, 5.41) is 17.2. The molecular weight excluding hydrogens is 451 g/mol. The Bertz CT molecular complexity index is 1320. The monoisotopic (exact) mass is 473 g/mol. The molecule has 2 aromatic carbocycles. The maximum atomic E-state index is 13.1. The maximum absolute atomic E-state index is 13.1. The number of hydrogen-bond donors (Lipinski definition) is 2. The molecule has 2 heterocycles. The molecule has 0 saturated carbocycles. The van der Waals surface area contributed by atoms with Gasteiger partial charge in [-0.2, -0.15) is 18.3 Å². The summed E-state index contributed by atoms with van der Waals surface area (Å²) < 4.78 is 41.8. The highest BCUT2D eigenvalue weighted by atomic mass is 32.1. The Morgan fingerprint density at radius 1 is 1.15 bits per heavy atom. The van der Waals surface area contributed by atoms with Crippen molar-refractivity contribution in [3.8, 4) is 5.69 Å². The van der Waals surface area contributed by atoms with Crippen molar-refractivity contribution in [2.45, 2.75) is 26.4 Å². The van der Waals surface area contributed by atoms with Crippen LogP contribution in [0.3, 0.4) is 0 Å². The minimum absolute atomic E-state index is 0.152. The summed E-state index contributed by atoms with van der Waals surface area (Å²) >= 11 is 1.50. The lowest BCUT2D eigenvalue weighted by atomic mass is 10.1. The molecule has 0 radical (unpaired) electrons. The van der Waals surface area contributed by atoms with Crippen LogP contribution in [-0.4, -0.2) is 33.9 Å². The molecule has 0 atom stereocenters.